The maximum absolute atomic E-state index is 12.2. The van der Waals surface area contributed by atoms with Gasteiger partial charge in [0.15, 0.2) is 0 Å². The number of hydrogen-bond donors (Lipinski definition) is 1. The summed E-state index contributed by atoms with van der Waals surface area (Å²) in [7, 11) is -3.33. The van der Waals surface area contributed by atoms with Gasteiger partial charge in [-0.05, 0) is 42.7 Å². The van der Waals surface area contributed by atoms with Crippen molar-refractivity contribution in [2.45, 2.75) is 26.0 Å². The largest absolute Gasteiger partial charge is 0.274 e. The number of sulfonamides is 1. The molecule has 0 spiro atoms. The van der Waals surface area contributed by atoms with Crippen LogP contribution in [0.15, 0.2) is 48.5 Å². The molecule has 1 aliphatic rings. The van der Waals surface area contributed by atoms with Crippen molar-refractivity contribution in [3.05, 3.63) is 65.2 Å². The molecule has 0 unspecified atom stereocenters. The summed E-state index contributed by atoms with van der Waals surface area (Å²) in [5.41, 5.74) is 5.29. The number of nitrogens with zero attached hydrogens (tertiary/aromatic N) is 1. The zero-order valence-corrected chi connectivity index (χ0v) is 14.9. The van der Waals surface area contributed by atoms with Gasteiger partial charge in [0.2, 0.25) is 10.0 Å². The summed E-state index contributed by atoms with van der Waals surface area (Å²) in [6.45, 7) is 2.13. The Balaban J connectivity index is 1.68. The van der Waals surface area contributed by atoms with Crippen molar-refractivity contribution in [1.82, 2.24) is 5.48 Å². The number of anilines is 1. The van der Waals surface area contributed by atoms with Crippen LogP contribution in [0.3, 0.4) is 0 Å². The van der Waals surface area contributed by atoms with Gasteiger partial charge in [0, 0.05) is 11.6 Å². The fourth-order valence-electron chi connectivity index (χ4n) is 3.07. The molecule has 25 heavy (non-hydrogen) atoms. The van der Waals surface area contributed by atoms with Crippen LogP contribution in [-0.4, -0.2) is 26.6 Å². The van der Waals surface area contributed by atoms with E-state index in [4.69, 9.17) is 4.84 Å². The van der Waals surface area contributed by atoms with Crippen molar-refractivity contribution in [2.24, 2.45) is 0 Å². The van der Waals surface area contributed by atoms with E-state index in [1.54, 1.807) is 18.2 Å². The van der Waals surface area contributed by atoms with Gasteiger partial charge in [-0.2, -0.15) is 0 Å². The van der Waals surface area contributed by atoms with Gasteiger partial charge in [0.1, 0.15) is 0 Å². The third-order valence-electron chi connectivity index (χ3n) is 4.10. The third-order valence-corrected chi connectivity index (χ3v) is 5.37. The lowest BCUT2D eigenvalue weighted by Gasteiger charge is -2.21. The summed E-state index contributed by atoms with van der Waals surface area (Å²) in [6.07, 6.45) is 1.77. The first kappa shape index (κ1) is 17.4. The fourth-order valence-corrected chi connectivity index (χ4v) is 4.33. The van der Waals surface area contributed by atoms with Gasteiger partial charge in [0.25, 0.3) is 5.91 Å². The van der Waals surface area contributed by atoms with Crippen LogP contribution in [0.25, 0.3) is 0 Å². The second-order valence-corrected chi connectivity index (χ2v) is 8.02. The minimum atomic E-state index is -3.33. The first-order valence-corrected chi connectivity index (χ1v) is 9.79. The van der Waals surface area contributed by atoms with E-state index in [-0.39, 0.29) is 18.6 Å². The molecule has 6 nitrogen and oxygen atoms in total. The number of benzene rings is 2. The lowest BCUT2D eigenvalue weighted by atomic mass is 10.1. The summed E-state index contributed by atoms with van der Waals surface area (Å²) < 4.78 is 25.3. The van der Waals surface area contributed by atoms with E-state index in [2.05, 4.69) is 5.48 Å². The summed E-state index contributed by atoms with van der Waals surface area (Å²) in [4.78, 5) is 17.5. The molecule has 0 saturated heterocycles. The van der Waals surface area contributed by atoms with Crippen LogP contribution in [0.5, 0.6) is 0 Å². The number of fused-ring (bicyclic) bond motifs is 1. The minimum absolute atomic E-state index is 0.155. The highest BCUT2D eigenvalue weighted by molar-refractivity contribution is 7.92. The SMILES string of the molecule is C[C@H]1Cc2cc(C(=O)NOCc3ccccc3)ccc2N1S(C)(=O)=O. The molecule has 0 saturated carbocycles. The molecule has 1 atom stereocenters. The standard InChI is InChI=1S/C18H20N2O4S/c1-13-10-16-11-15(8-9-17(16)20(13)25(2,22)23)18(21)19-24-12-14-6-4-3-5-7-14/h3-9,11,13H,10,12H2,1-2H3,(H,19,21)/t13-/m0/s1. The average molecular weight is 360 g/mol. The van der Waals surface area contributed by atoms with E-state index in [9.17, 15) is 13.2 Å². The molecule has 7 heteroatoms. The average Bonchev–Trinajstić information content (AvgIpc) is 2.90. The summed E-state index contributed by atoms with van der Waals surface area (Å²) in [5.74, 6) is -0.357. The molecule has 1 heterocycles. The smallest absolute Gasteiger partial charge is 0.269 e. The predicted octanol–water partition coefficient (Wildman–Crippen LogP) is 2.26. The molecule has 0 bridgehead atoms. The van der Waals surface area contributed by atoms with Gasteiger partial charge >= 0.3 is 0 Å². The van der Waals surface area contributed by atoms with Gasteiger partial charge in [0.05, 0.1) is 18.6 Å². The monoisotopic (exact) mass is 360 g/mol. The number of rotatable bonds is 5. The Kier molecular flexibility index (Phi) is 4.78. The van der Waals surface area contributed by atoms with Crippen LogP contribution in [0.1, 0.15) is 28.4 Å². The van der Waals surface area contributed by atoms with Crippen LogP contribution < -0.4 is 9.79 Å². The Labute approximate surface area is 147 Å². The van der Waals surface area contributed by atoms with Crippen molar-refractivity contribution in [3.63, 3.8) is 0 Å². The van der Waals surface area contributed by atoms with Gasteiger partial charge in [-0.1, -0.05) is 30.3 Å². The minimum Gasteiger partial charge on any atom is -0.269 e. The van der Waals surface area contributed by atoms with E-state index in [0.717, 1.165) is 11.1 Å². The van der Waals surface area contributed by atoms with Gasteiger partial charge in [-0.25, -0.2) is 13.9 Å². The molecule has 0 aromatic heterocycles. The Morgan fingerprint density at radius 3 is 2.64 bits per heavy atom. The second kappa shape index (κ2) is 6.85. The molecule has 1 aliphatic heterocycles. The molecule has 1 N–H and O–H groups in total. The molecule has 0 fully saturated rings. The van der Waals surface area contributed by atoms with Crippen molar-refractivity contribution in [3.8, 4) is 0 Å². The number of nitrogens with one attached hydrogen (secondary N) is 1. The Bertz CT molecular complexity index is 881. The molecule has 132 valence electrons. The van der Waals surface area contributed by atoms with Crippen molar-refractivity contribution in [2.75, 3.05) is 10.6 Å². The van der Waals surface area contributed by atoms with E-state index in [1.807, 2.05) is 37.3 Å². The highest BCUT2D eigenvalue weighted by Gasteiger charge is 2.32. The number of hydrogen-bond acceptors (Lipinski definition) is 4. The molecule has 2 aromatic carbocycles. The molecule has 2 aromatic rings. The number of carbonyl (C=O) groups excluding carboxylic acids is 1. The molecule has 0 aliphatic carbocycles. The zero-order valence-electron chi connectivity index (χ0n) is 14.1. The molecular weight excluding hydrogens is 340 g/mol. The van der Waals surface area contributed by atoms with E-state index < -0.39 is 10.0 Å². The number of hydroxylamine groups is 1. The molecule has 3 rings (SSSR count). The third kappa shape index (κ3) is 3.83. The lowest BCUT2D eigenvalue weighted by Crippen LogP contribution is -2.34. The molecular formula is C18H20N2O4S. The van der Waals surface area contributed by atoms with E-state index in [1.165, 1.54) is 10.6 Å². The van der Waals surface area contributed by atoms with Crippen LogP contribution in [0.4, 0.5) is 5.69 Å². The summed E-state index contributed by atoms with van der Waals surface area (Å²) in [6, 6.07) is 14.4. The lowest BCUT2D eigenvalue weighted by molar-refractivity contribution is 0.0233. The zero-order chi connectivity index (χ0) is 18.0. The van der Waals surface area contributed by atoms with Gasteiger partial charge in [-0.3, -0.25) is 13.9 Å². The quantitative estimate of drug-likeness (QED) is 0.830. The maximum Gasteiger partial charge on any atom is 0.274 e. The predicted molar refractivity (Wildman–Crippen MR) is 95.6 cm³/mol. The van der Waals surface area contributed by atoms with E-state index in [0.29, 0.717) is 17.7 Å². The number of carbonyl (C=O) groups is 1. The summed E-state index contributed by atoms with van der Waals surface area (Å²) >= 11 is 0. The van der Waals surface area contributed by atoms with Crippen LogP contribution in [0.2, 0.25) is 0 Å². The van der Waals surface area contributed by atoms with Gasteiger partial charge < -0.3 is 0 Å². The van der Waals surface area contributed by atoms with Crippen LogP contribution in [-0.2, 0) is 27.9 Å². The van der Waals surface area contributed by atoms with Gasteiger partial charge in [-0.15, -0.1) is 0 Å². The highest BCUT2D eigenvalue weighted by Crippen LogP contribution is 2.34. The first-order chi connectivity index (χ1) is 11.9. The van der Waals surface area contributed by atoms with Crippen LogP contribution in [0, 0.1) is 0 Å². The molecule has 1 amide bonds. The second-order valence-electron chi connectivity index (χ2n) is 6.16. The van der Waals surface area contributed by atoms with E-state index >= 15 is 0 Å². The topological polar surface area (TPSA) is 75.7 Å². The maximum atomic E-state index is 12.2. The van der Waals surface area contributed by atoms with Crippen molar-refractivity contribution < 1.29 is 18.0 Å². The highest BCUT2D eigenvalue weighted by atomic mass is 32.2. The fraction of sp³-hybridized carbons (Fsp3) is 0.278. The Hall–Kier alpha value is -2.38. The Morgan fingerprint density at radius 1 is 1.24 bits per heavy atom. The normalized spacial score (nSPS) is 16.6. The Morgan fingerprint density at radius 2 is 1.96 bits per heavy atom. The van der Waals surface area contributed by atoms with Crippen molar-refractivity contribution >= 4 is 21.6 Å². The first-order valence-electron chi connectivity index (χ1n) is 7.94. The summed E-state index contributed by atoms with van der Waals surface area (Å²) in [5, 5.41) is 0. The van der Waals surface area contributed by atoms with Crippen molar-refractivity contribution in [1.29, 1.82) is 0 Å². The van der Waals surface area contributed by atoms with Crippen LogP contribution >= 0.6 is 0 Å². The number of amides is 1. The molecule has 0 radical (unpaired) electrons.